The normalized spacial score (nSPS) is 26.1. The maximum absolute atomic E-state index is 6.57. The molecule has 2 rings (SSSR count). The van der Waals surface area contributed by atoms with Crippen molar-refractivity contribution in [3.63, 3.8) is 0 Å². The molecule has 0 saturated carbocycles. The van der Waals surface area contributed by atoms with E-state index in [1.807, 2.05) is 0 Å². The summed E-state index contributed by atoms with van der Waals surface area (Å²) in [6, 6.07) is 7.09. The van der Waals surface area contributed by atoms with Gasteiger partial charge in [0.25, 0.3) is 0 Å². The molecule has 1 aliphatic rings. The van der Waals surface area contributed by atoms with Crippen LogP contribution in [-0.2, 0) is 6.54 Å². The van der Waals surface area contributed by atoms with Crippen LogP contribution in [0.1, 0.15) is 46.1 Å². The minimum atomic E-state index is 0.558. The van der Waals surface area contributed by atoms with Crippen molar-refractivity contribution in [2.24, 2.45) is 11.8 Å². The summed E-state index contributed by atoms with van der Waals surface area (Å²) < 4.78 is 0. The molecule has 0 spiro atoms. The second-order valence-electron chi connectivity index (χ2n) is 6.67. The number of halogens is 1. The fraction of sp³-hybridized carbons (Fsp3) is 0.667. The van der Waals surface area contributed by atoms with Crippen molar-refractivity contribution in [1.82, 2.24) is 5.32 Å². The summed E-state index contributed by atoms with van der Waals surface area (Å²) in [4.78, 5) is 2.49. The number of hydrogen-bond acceptors (Lipinski definition) is 2. The van der Waals surface area contributed by atoms with E-state index in [1.54, 1.807) is 0 Å². The number of rotatable bonds is 5. The summed E-state index contributed by atoms with van der Waals surface area (Å²) in [5.41, 5.74) is 2.46. The first-order valence-corrected chi connectivity index (χ1v) is 8.66. The van der Waals surface area contributed by atoms with Crippen molar-refractivity contribution < 1.29 is 0 Å². The van der Waals surface area contributed by atoms with Gasteiger partial charge < -0.3 is 10.2 Å². The molecule has 3 atom stereocenters. The van der Waals surface area contributed by atoms with E-state index in [0.29, 0.717) is 6.04 Å². The summed E-state index contributed by atoms with van der Waals surface area (Å²) in [5.74, 6) is 1.45. The van der Waals surface area contributed by atoms with Gasteiger partial charge in [-0.3, -0.25) is 0 Å². The number of nitrogens with zero attached hydrogens (tertiary/aromatic N) is 1. The lowest BCUT2D eigenvalue weighted by atomic mass is 9.85. The van der Waals surface area contributed by atoms with Gasteiger partial charge >= 0.3 is 0 Å². The molecule has 2 nitrogen and oxygen atoms in total. The molecule has 1 aliphatic heterocycles. The van der Waals surface area contributed by atoms with Crippen LogP contribution in [0, 0.1) is 11.8 Å². The zero-order valence-electron chi connectivity index (χ0n) is 13.8. The van der Waals surface area contributed by atoms with Crippen LogP contribution in [-0.4, -0.2) is 19.1 Å². The molecule has 21 heavy (non-hydrogen) atoms. The Balaban J connectivity index is 2.12. The molecule has 118 valence electrons. The lowest BCUT2D eigenvalue weighted by Gasteiger charge is -2.43. The van der Waals surface area contributed by atoms with E-state index in [9.17, 15) is 0 Å². The molecule has 1 heterocycles. The number of hydrogen-bond donors (Lipinski definition) is 1. The fourth-order valence-electron chi connectivity index (χ4n) is 3.34. The lowest BCUT2D eigenvalue weighted by Crippen LogP contribution is -2.46. The van der Waals surface area contributed by atoms with Crippen molar-refractivity contribution in [1.29, 1.82) is 0 Å². The highest BCUT2D eigenvalue weighted by Gasteiger charge is 2.29. The molecule has 1 saturated heterocycles. The highest BCUT2D eigenvalue weighted by molar-refractivity contribution is 6.33. The van der Waals surface area contributed by atoms with Crippen LogP contribution in [0.4, 0.5) is 5.69 Å². The molecular weight excluding hydrogens is 280 g/mol. The van der Waals surface area contributed by atoms with Crippen LogP contribution >= 0.6 is 11.6 Å². The van der Waals surface area contributed by atoms with Gasteiger partial charge in [-0.15, -0.1) is 0 Å². The third kappa shape index (κ3) is 4.14. The maximum atomic E-state index is 6.57. The van der Waals surface area contributed by atoms with Crippen LogP contribution in [0.5, 0.6) is 0 Å². The van der Waals surface area contributed by atoms with E-state index in [0.717, 1.165) is 42.9 Å². The first-order valence-electron chi connectivity index (χ1n) is 8.28. The summed E-state index contributed by atoms with van der Waals surface area (Å²) in [7, 11) is 0. The summed E-state index contributed by atoms with van der Waals surface area (Å²) in [5, 5.41) is 4.32. The zero-order chi connectivity index (χ0) is 15.4. The van der Waals surface area contributed by atoms with Gasteiger partial charge in [0, 0.05) is 19.1 Å². The van der Waals surface area contributed by atoms with Gasteiger partial charge in [0.05, 0.1) is 10.7 Å². The maximum Gasteiger partial charge on any atom is 0.0642 e. The van der Waals surface area contributed by atoms with Gasteiger partial charge in [0.2, 0.25) is 0 Å². The van der Waals surface area contributed by atoms with Crippen LogP contribution in [0.2, 0.25) is 5.02 Å². The van der Waals surface area contributed by atoms with Crippen LogP contribution in [0.15, 0.2) is 18.2 Å². The molecular formula is C18H29ClN2. The predicted molar refractivity (Wildman–Crippen MR) is 93.2 cm³/mol. The Labute approximate surface area is 134 Å². The van der Waals surface area contributed by atoms with E-state index in [1.165, 1.54) is 17.7 Å². The van der Waals surface area contributed by atoms with E-state index < -0.39 is 0 Å². The van der Waals surface area contributed by atoms with Gasteiger partial charge in [-0.25, -0.2) is 0 Å². The highest BCUT2D eigenvalue weighted by Crippen LogP contribution is 2.35. The molecule has 3 heteroatoms. The standard InChI is InChI=1S/C18H29ClN2/c1-5-8-20-11-16-6-7-18(17(19)10-16)21-12-13(2)9-14(3)15(21)4/h6-7,10,13-15,20H,5,8-9,11-12H2,1-4H3. The van der Waals surface area contributed by atoms with Crippen molar-refractivity contribution in [3.05, 3.63) is 28.8 Å². The first kappa shape index (κ1) is 16.6. The zero-order valence-corrected chi connectivity index (χ0v) is 14.6. The topological polar surface area (TPSA) is 15.3 Å². The Bertz CT molecular complexity index is 461. The summed E-state index contributed by atoms with van der Waals surface area (Å²) in [6.45, 7) is 12.3. The molecule has 0 radical (unpaired) electrons. The summed E-state index contributed by atoms with van der Waals surface area (Å²) in [6.07, 6.45) is 2.47. The van der Waals surface area contributed by atoms with E-state index in [4.69, 9.17) is 11.6 Å². The van der Waals surface area contributed by atoms with Crippen molar-refractivity contribution in [2.75, 3.05) is 18.0 Å². The molecule has 1 N–H and O–H groups in total. The fourth-order valence-corrected chi connectivity index (χ4v) is 3.65. The molecule has 0 amide bonds. The van der Waals surface area contributed by atoms with Crippen LogP contribution in [0.3, 0.4) is 0 Å². The van der Waals surface area contributed by atoms with Crippen LogP contribution < -0.4 is 10.2 Å². The number of nitrogens with one attached hydrogen (secondary N) is 1. The number of piperidine rings is 1. The van der Waals surface area contributed by atoms with Gasteiger partial charge in [-0.2, -0.15) is 0 Å². The molecule has 0 aromatic heterocycles. The molecule has 0 bridgehead atoms. The minimum absolute atomic E-state index is 0.558. The van der Waals surface area contributed by atoms with Gasteiger partial charge in [-0.05, 0) is 55.8 Å². The minimum Gasteiger partial charge on any atom is -0.367 e. The predicted octanol–water partition coefficient (Wildman–Crippen LogP) is 4.71. The Kier molecular flexibility index (Phi) is 5.95. The van der Waals surface area contributed by atoms with Crippen molar-refractivity contribution in [2.45, 2.75) is 53.1 Å². The average molecular weight is 309 g/mol. The number of benzene rings is 1. The monoisotopic (exact) mass is 308 g/mol. The molecule has 1 aromatic rings. The molecule has 3 unspecified atom stereocenters. The summed E-state index contributed by atoms with van der Waals surface area (Å²) >= 11 is 6.57. The largest absolute Gasteiger partial charge is 0.367 e. The molecule has 0 aliphatic carbocycles. The first-order chi connectivity index (χ1) is 10.0. The van der Waals surface area contributed by atoms with E-state index in [2.05, 4.69) is 56.1 Å². The third-order valence-electron chi connectivity index (χ3n) is 4.68. The highest BCUT2D eigenvalue weighted by atomic mass is 35.5. The van der Waals surface area contributed by atoms with E-state index in [-0.39, 0.29) is 0 Å². The Hall–Kier alpha value is -0.730. The lowest BCUT2D eigenvalue weighted by molar-refractivity contribution is 0.297. The van der Waals surface area contributed by atoms with E-state index >= 15 is 0 Å². The molecule has 1 aromatic carbocycles. The van der Waals surface area contributed by atoms with Crippen molar-refractivity contribution in [3.8, 4) is 0 Å². The second kappa shape index (κ2) is 7.51. The number of anilines is 1. The Morgan fingerprint density at radius 3 is 2.71 bits per heavy atom. The van der Waals surface area contributed by atoms with Gasteiger partial charge in [0.1, 0.15) is 0 Å². The average Bonchev–Trinajstić information content (AvgIpc) is 2.44. The van der Waals surface area contributed by atoms with Crippen molar-refractivity contribution >= 4 is 17.3 Å². The smallest absolute Gasteiger partial charge is 0.0642 e. The third-order valence-corrected chi connectivity index (χ3v) is 4.98. The SMILES string of the molecule is CCCNCc1ccc(N2CC(C)CC(C)C2C)c(Cl)c1. The second-order valence-corrected chi connectivity index (χ2v) is 7.08. The Morgan fingerprint density at radius 1 is 1.29 bits per heavy atom. The van der Waals surface area contributed by atoms with Gasteiger partial charge in [-0.1, -0.05) is 38.4 Å². The quantitative estimate of drug-likeness (QED) is 0.792. The van der Waals surface area contributed by atoms with Gasteiger partial charge in [0.15, 0.2) is 0 Å². The molecule has 1 fully saturated rings. The Morgan fingerprint density at radius 2 is 2.05 bits per heavy atom. The van der Waals surface area contributed by atoms with Crippen LogP contribution in [0.25, 0.3) is 0 Å².